The van der Waals surface area contributed by atoms with Gasteiger partial charge in [0, 0.05) is 11.3 Å². The zero-order chi connectivity index (χ0) is 11.5. The van der Waals surface area contributed by atoms with Crippen molar-refractivity contribution in [3.63, 3.8) is 0 Å². The van der Waals surface area contributed by atoms with Crippen LogP contribution in [-0.4, -0.2) is 6.29 Å². The minimum Gasteiger partial charge on any atom is -0.399 e. The second-order valence-corrected chi connectivity index (χ2v) is 2.73. The van der Waals surface area contributed by atoms with Crippen molar-refractivity contribution in [1.29, 1.82) is 0 Å². The quantitative estimate of drug-likeness (QED) is 0.406. The molecular formula is C10H6F3NO. The summed E-state index contributed by atoms with van der Waals surface area (Å²) in [5, 5.41) is 0. The van der Waals surface area contributed by atoms with E-state index < -0.39 is 11.7 Å². The van der Waals surface area contributed by atoms with Crippen molar-refractivity contribution in [3.05, 3.63) is 29.3 Å². The van der Waals surface area contributed by atoms with Gasteiger partial charge in [-0.1, -0.05) is 5.92 Å². The average molecular weight is 213 g/mol. The van der Waals surface area contributed by atoms with Crippen molar-refractivity contribution in [1.82, 2.24) is 0 Å². The number of alkyl halides is 3. The molecule has 2 nitrogen and oxygen atoms in total. The van der Waals surface area contributed by atoms with Crippen LogP contribution in [0.1, 0.15) is 11.1 Å². The lowest BCUT2D eigenvalue weighted by molar-refractivity contribution is -0.137. The smallest absolute Gasteiger partial charge is 0.399 e. The molecule has 0 atom stereocenters. The van der Waals surface area contributed by atoms with Crippen molar-refractivity contribution < 1.29 is 18.0 Å². The molecule has 1 rings (SSSR count). The van der Waals surface area contributed by atoms with Crippen molar-refractivity contribution in [2.45, 2.75) is 6.18 Å². The second-order valence-electron chi connectivity index (χ2n) is 2.73. The van der Waals surface area contributed by atoms with Crippen LogP contribution in [0.3, 0.4) is 0 Å². The van der Waals surface area contributed by atoms with Crippen LogP contribution in [0.4, 0.5) is 18.9 Å². The van der Waals surface area contributed by atoms with Gasteiger partial charge in [0.1, 0.15) is 0 Å². The third kappa shape index (κ3) is 3.02. The highest BCUT2D eigenvalue weighted by Crippen LogP contribution is 2.31. The van der Waals surface area contributed by atoms with Crippen molar-refractivity contribution >= 4 is 12.0 Å². The molecule has 0 saturated carbocycles. The number of carbonyl (C=O) groups is 1. The Bertz CT molecular complexity index is 440. The Morgan fingerprint density at radius 1 is 1.27 bits per heavy atom. The summed E-state index contributed by atoms with van der Waals surface area (Å²) in [6, 6.07) is 2.92. The molecule has 0 saturated heterocycles. The predicted octanol–water partition coefficient (Wildman–Crippen LogP) is 1.84. The van der Waals surface area contributed by atoms with Crippen molar-refractivity contribution in [2.75, 3.05) is 5.73 Å². The molecule has 1 aromatic carbocycles. The summed E-state index contributed by atoms with van der Waals surface area (Å²) in [5.41, 5.74) is 4.42. The van der Waals surface area contributed by atoms with Crippen LogP contribution >= 0.6 is 0 Å². The Labute approximate surface area is 83.9 Å². The normalized spacial score (nSPS) is 10.3. The van der Waals surface area contributed by atoms with Gasteiger partial charge in [0.15, 0.2) is 6.29 Å². The van der Waals surface area contributed by atoms with Gasteiger partial charge in [-0.3, -0.25) is 4.79 Å². The van der Waals surface area contributed by atoms with Gasteiger partial charge in [-0.05, 0) is 24.1 Å². The molecule has 0 aliphatic rings. The van der Waals surface area contributed by atoms with E-state index in [1.165, 1.54) is 6.07 Å². The number of carbonyl (C=O) groups excluding carboxylic acids is 1. The highest BCUT2D eigenvalue weighted by molar-refractivity contribution is 5.74. The Kier molecular flexibility index (Phi) is 3.00. The van der Waals surface area contributed by atoms with Crippen LogP contribution in [0.5, 0.6) is 0 Å². The Morgan fingerprint density at radius 3 is 2.47 bits per heavy atom. The van der Waals surface area contributed by atoms with Crippen LogP contribution in [0.15, 0.2) is 18.2 Å². The summed E-state index contributed by atoms with van der Waals surface area (Å²) in [4.78, 5) is 9.92. The fourth-order valence-electron chi connectivity index (χ4n) is 1.00. The highest BCUT2D eigenvalue weighted by atomic mass is 19.4. The lowest BCUT2D eigenvalue weighted by atomic mass is 10.1. The van der Waals surface area contributed by atoms with E-state index in [-0.39, 0.29) is 11.3 Å². The Morgan fingerprint density at radius 2 is 1.93 bits per heavy atom. The van der Waals surface area contributed by atoms with Crippen LogP contribution in [0.2, 0.25) is 0 Å². The number of aldehydes is 1. The number of anilines is 1. The van der Waals surface area contributed by atoms with E-state index in [0.717, 1.165) is 12.1 Å². The number of rotatable bonds is 0. The standard InChI is InChI=1S/C10H6F3NO/c11-10(12,13)8-4-7(2-1-3-15)5-9(14)6-8/h3-6H,14H2. The van der Waals surface area contributed by atoms with Gasteiger partial charge in [-0.15, -0.1) is 0 Å². The van der Waals surface area contributed by atoms with E-state index in [4.69, 9.17) is 5.73 Å². The molecule has 5 heteroatoms. The third-order valence-electron chi connectivity index (χ3n) is 1.56. The first kappa shape index (κ1) is 11.1. The zero-order valence-corrected chi connectivity index (χ0v) is 7.43. The largest absolute Gasteiger partial charge is 0.416 e. The minimum atomic E-state index is -4.47. The molecule has 0 amide bonds. The maximum atomic E-state index is 12.3. The first-order valence-corrected chi connectivity index (χ1v) is 3.86. The first-order valence-electron chi connectivity index (χ1n) is 3.86. The molecule has 0 heterocycles. The lowest BCUT2D eigenvalue weighted by Crippen LogP contribution is -2.06. The monoisotopic (exact) mass is 213 g/mol. The summed E-state index contributed by atoms with van der Waals surface area (Å²) in [6.45, 7) is 0. The lowest BCUT2D eigenvalue weighted by Gasteiger charge is -2.07. The van der Waals surface area contributed by atoms with Gasteiger partial charge < -0.3 is 5.73 Å². The summed E-state index contributed by atoms with van der Waals surface area (Å²) < 4.78 is 36.9. The SMILES string of the molecule is Nc1cc(C#CC=O)cc(C(F)(F)F)c1. The summed E-state index contributed by atoms with van der Waals surface area (Å²) >= 11 is 0. The Balaban J connectivity index is 3.22. The number of halogens is 3. The molecular weight excluding hydrogens is 207 g/mol. The van der Waals surface area contributed by atoms with Crippen LogP contribution < -0.4 is 5.73 Å². The average Bonchev–Trinajstić information content (AvgIpc) is 2.12. The number of nitrogen functional groups attached to an aromatic ring is 1. The highest BCUT2D eigenvalue weighted by Gasteiger charge is 2.30. The molecule has 0 aliphatic heterocycles. The van der Waals surface area contributed by atoms with Gasteiger partial charge in [0.2, 0.25) is 0 Å². The topological polar surface area (TPSA) is 43.1 Å². The van der Waals surface area contributed by atoms with Gasteiger partial charge >= 0.3 is 6.18 Å². The van der Waals surface area contributed by atoms with Crippen LogP contribution in [0.25, 0.3) is 0 Å². The van der Waals surface area contributed by atoms with Crippen molar-refractivity contribution in [2.24, 2.45) is 0 Å². The molecule has 0 radical (unpaired) electrons. The summed E-state index contributed by atoms with van der Waals surface area (Å²) in [7, 11) is 0. The van der Waals surface area contributed by atoms with Gasteiger partial charge in [-0.25, -0.2) is 0 Å². The molecule has 15 heavy (non-hydrogen) atoms. The molecule has 0 spiro atoms. The summed E-state index contributed by atoms with van der Waals surface area (Å²) in [5.74, 6) is 4.27. The fourth-order valence-corrected chi connectivity index (χ4v) is 1.00. The molecule has 0 fully saturated rings. The zero-order valence-electron chi connectivity index (χ0n) is 7.43. The number of hydrogen-bond donors (Lipinski definition) is 1. The number of nitrogens with two attached hydrogens (primary N) is 1. The molecule has 0 aromatic heterocycles. The minimum absolute atomic E-state index is 0.0416. The van der Waals surface area contributed by atoms with Gasteiger partial charge in [0.25, 0.3) is 0 Å². The molecule has 2 N–H and O–H groups in total. The van der Waals surface area contributed by atoms with Gasteiger partial charge in [-0.2, -0.15) is 13.2 Å². The third-order valence-corrected chi connectivity index (χ3v) is 1.56. The second kappa shape index (κ2) is 4.05. The van der Waals surface area contributed by atoms with Crippen LogP contribution in [0, 0.1) is 11.8 Å². The molecule has 0 unspecified atom stereocenters. The van der Waals surface area contributed by atoms with E-state index in [2.05, 4.69) is 5.92 Å². The number of hydrogen-bond acceptors (Lipinski definition) is 2. The molecule has 78 valence electrons. The van der Waals surface area contributed by atoms with E-state index in [0.29, 0.717) is 6.29 Å². The summed E-state index contributed by atoms with van der Waals surface area (Å²) in [6.07, 6.45) is -4.16. The predicted molar refractivity (Wildman–Crippen MR) is 48.8 cm³/mol. The maximum Gasteiger partial charge on any atom is 0.416 e. The van der Waals surface area contributed by atoms with E-state index >= 15 is 0 Å². The van der Waals surface area contributed by atoms with E-state index in [9.17, 15) is 18.0 Å². The molecule has 0 aliphatic carbocycles. The fraction of sp³-hybridized carbons (Fsp3) is 0.100. The van der Waals surface area contributed by atoms with E-state index in [1.807, 2.05) is 5.92 Å². The first-order chi connectivity index (χ1) is 6.93. The van der Waals surface area contributed by atoms with Crippen LogP contribution in [-0.2, 0) is 11.0 Å². The van der Waals surface area contributed by atoms with Gasteiger partial charge in [0.05, 0.1) is 5.56 Å². The maximum absolute atomic E-state index is 12.3. The van der Waals surface area contributed by atoms with E-state index in [1.54, 1.807) is 0 Å². The molecule has 1 aromatic rings. The Hall–Kier alpha value is -1.96. The van der Waals surface area contributed by atoms with Crippen molar-refractivity contribution in [3.8, 4) is 11.8 Å². The molecule has 0 bridgehead atoms. The number of benzene rings is 1.